The molecule has 3 atom stereocenters. The molecule has 1 N–H and O–H groups in total. The number of hydrogen-bond acceptors (Lipinski definition) is 6. The first-order valence-electron chi connectivity index (χ1n) is 10.9. The SMILES string of the molecule is C[C@@H]1CN(c2cc(=O)n(C)c3cn[nH]c23)[C@@H](C)CN1C(c1ccc2nccnc2c1)C(F)F. The van der Waals surface area contributed by atoms with Crippen LogP contribution in [0.3, 0.4) is 0 Å². The van der Waals surface area contributed by atoms with Gasteiger partial charge >= 0.3 is 0 Å². The zero-order valence-electron chi connectivity index (χ0n) is 18.6. The van der Waals surface area contributed by atoms with Crippen molar-refractivity contribution in [3.8, 4) is 0 Å². The molecule has 0 amide bonds. The predicted octanol–water partition coefficient (Wildman–Crippen LogP) is 3.11. The van der Waals surface area contributed by atoms with E-state index in [1.807, 2.05) is 18.7 Å². The molecule has 1 aliphatic heterocycles. The Kier molecular flexibility index (Phi) is 5.32. The summed E-state index contributed by atoms with van der Waals surface area (Å²) in [7, 11) is 1.70. The lowest BCUT2D eigenvalue weighted by Gasteiger charge is -2.48. The summed E-state index contributed by atoms with van der Waals surface area (Å²) < 4.78 is 30.4. The average Bonchev–Trinajstić information content (AvgIpc) is 3.29. The summed E-state index contributed by atoms with van der Waals surface area (Å²) in [6, 6.07) is 5.41. The van der Waals surface area contributed by atoms with Crippen LogP contribution >= 0.6 is 0 Å². The van der Waals surface area contributed by atoms with Gasteiger partial charge in [-0.2, -0.15) is 5.10 Å². The van der Waals surface area contributed by atoms with Gasteiger partial charge in [-0.1, -0.05) is 6.07 Å². The Morgan fingerprint density at radius 3 is 2.58 bits per heavy atom. The van der Waals surface area contributed by atoms with E-state index in [2.05, 4.69) is 25.1 Å². The number of nitrogens with zero attached hydrogens (tertiary/aromatic N) is 6. The van der Waals surface area contributed by atoms with Gasteiger partial charge in [0, 0.05) is 50.7 Å². The van der Waals surface area contributed by atoms with E-state index in [4.69, 9.17) is 0 Å². The summed E-state index contributed by atoms with van der Waals surface area (Å²) in [5.41, 5.74) is 3.89. The number of aromatic amines is 1. The van der Waals surface area contributed by atoms with Gasteiger partial charge in [0.05, 0.1) is 34.5 Å². The molecule has 1 fully saturated rings. The molecule has 0 bridgehead atoms. The van der Waals surface area contributed by atoms with Crippen LogP contribution in [0, 0.1) is 0 Å². The quantitative estimate of drug-likeness (QED) is 0.511. The number of rotatable bonds is 4. The molecule has 0 saturated carbocycles. The van der Waals surface area contributed by atoms with Crippen LogP contribution < -0.4 is 10.5 Å². The molecule has 1 saturated heterocycles. The van der Waals surface area contributed by atoms with E-state index in [1.165, 1.54) is 0 Å². The predicted molar refractivity (Wildman–Crippen MR) is 123 cm³/mol. The zero-order chi connectivity index (χ0) is 23.3. The molecule has 0 radical (unpaired) electrons. The number of hydrogen-bond donors (Lipinski definition) is 1. The number of benzene rings is 1. The van der Waals surface area contributed by atoms with Crippen molar-refractivity contribution in [2.75, 3.05) is 18.0 Å². The fraction of sp³-hybridized carbons (Fsp3) is 0.391. The molecule has 4 heterocycles. The molecular formula is C23H25F2N7O. The van der Waals surface area contributed by atoms with Crippen LogP contribution in [0.5, 0.6) is 0 Å². The Hall–Kier alpha value is -3.40. The van der Waals surface area contributed by atoms with Crippen molar-refractivity contribution in [3.05, 3.63) is 58.8 Å². The fourth-order valence-electron chi connectivity index (χ4n) is 4.88. The Labute approximate surface area is 188 Å². The lowest BCUT2D eigenvalue weighted by Crippen LogP contribution is -2.58. The van der Waals surface area contributed by atoms with Gasteiger partial charge in [0.25, 0.3) is 12.0 Å². The van der Waals surface area contributed by atoms with Gasteiger partial charge in [-0.15, -0.1) is 0 Å². The second kappa shape index (κ2) is 8.18. The van der Waals surface area contributed by atoms with Crippen molar-refractivity contribution in [1.82, 2.24) is 29.6 Å². The van der Waals surface area contributed by atoms with E-state index in [-0.39, 0.29) is 17.6 Å². The van der Waals surface area contributed by atoms with Gasteiger partial charge < -0.3 is 9.47 Å². The molecule has 10 heteroatoms. The van der Waals surface area contributed by atoms with E-state index in [0.717, 1.165) is 11.2 Å². The van der Waals surface area contributed by atoms with E-state index in [0.29, 0.717) is 35.2 Å². The lowest BCUT2D eigenvalue weighted by atomic mass is 9.98. The van der Waals surface area contributed by atoms with Gasteiger partial charge in [0.2, 0.25) is 0 Å². The monoisotopic (exact) mass is 453 g/mol. The highest BCUT2D eigenvalue weighted by Crippen LogP contribution is 2.35. The van der Waals surface area contributed by atoms with Crippen LogP contribution in [-0.4, -0.2) is 61.2 Å². The summed E-state index contributed by atoms with van der Waals surface area (Å²) in [4.78, 5) is 25.0. The van der Waals surface area contributed by atoms with Crippen molar-refractivity contribution in [1.29, 1.82) is 0 Å². The number of aromatic nitrogens is 5. The highest BCUT2D eigenvalue weighted by molar-refractivity contribution is 5.88. The molecule has 33 heavy (non-hydrogen) atoms. The zero-order valence-corrected chi connectivity index (χ0v) is 18.6. The number of fused-ring (bicyclic) bond motifs is 2. The van der Waals surface area contributed by atoms with Gasteiger partial charge in [0.15, 0.2) is 0 Å². The molecule has 172 valence electrons. The molecular weight excluding hydrogens is 428 g/mol. The smallest absolute Gasteiger partial charge is 0.258 e. The van der Waals surface area contributed by atoms with Crippen molar-refractivity contribution in [2.24, 2.45) is 7.05 Å². The van der Waals surface area contributed by atoms with Crippen LogP contribution in [0.15, 0.2) is 47.7 Å². The maximum Gasteiger partial charge on any atom is 0.258 e. The number of aryl methyl sites for hydroxylation is 1. The third kappa shape index (κ3) is 3.64. The number of piperazine rings is 1. The Morgan fingerprint density at radius 2 is 1.82 bits per heavy atom. The number of H-pyrrole nitrogens is 1. The first-order valence-corrected chi connectivity index (χ1v) is 10.9. The van der Waals surface area contributed by atoms with E-state index in [1.54, 1.807) is 54.5 Å². The number of nitrogens with one attached hydrogen (secondary N) is 1. The third-order valence-electron chi connectivity index (χ3n) is 6.60. The topological polar surface area (TPSA) is 82.9 Å². The van der Waals surface area contributed by atoms with Crippen molar-refractivity contribution < 1.29 is 8.78 Å². The normalized spacial score (nSPS) is 20.7. The van der Waals surface area contributed by atoms with Crippen LogP contribution in [0.2, 0.25) is 0 Å². The van der Waals surface area contributed by atoms with Crippen LogP contribution in [0.1, 0.15) is 25.5 Å². The summed E-state index contributed by atoms with van der Waals surface area (Å²) >= 11 is 0. The molecule has 1 aromatic carbocycles. The molecule has 5 rings (SSSR count). The van der Waals surface area contributed by atoms with Gasteiger partial charge in [-0.05, 0) is 31.5 Å². The highest BCUT2D eigenvalue weighted by atomic mass is 19.3. The lowest BCUT2D eigenvalue weighted by molar-refractivity contribution is -0.00574. The Morgan fingerprint density at radius 1 is 1.06 bits per heavy atom. The highest BCUT2D eigenvalue weighted by Gasteiger charge is 2.39. The summed E-state index contributed by atoms with van der Waals surface area (Å²) in [5.74, 6) is 0. The third-order valence-corrected chi connectivity index (χ3v) is 6.60. The standard InChI is InChI=1S/C23H25F2N7O/c1-13-12-32(22(23(24)25)15-4-5-16-17(8-15)27-7-6-26-16)14(2)11-31(13)18-9-20(33)30(3)19-10-28-29-21(18)19/h4-10,13-14,22-23H,11-12H2,1-3H3,(H,28,29)/t13-,14+,22?/m0/s1. The minimum atomic E-state index is -2.57. The van der Waals surface area contributed by atoms with E-state index >= 15 is 0 Å². The van der Waals surface area contributed by atoms with Crippen LogP contribution in [-0.2, 0) is 7.05 Å². The second-order valence-corrected chi connectivity index (χ2v) is 8.69. The minimum Gasteiger partial charge on any atom is -0.364 e. The van der Waals surface area contributed by atoms with Gasteiger partial charge in [0.1, 0.15) is 5.52 Å². The molecule has 0 aliphatic carbocycles. The molecule has 1 unspecified atom stereocenters. The molecule has 0 spiro atoms. The van der Waals surface area contributed by atoms with Gasteiger partial charge in [-0.25, -0.2) is 8.78 Å². The van der Waals surface area contributed by atoms with Crippen LogP contribution in [0.25, 0.3) is 22.1 Å². The number of anilines is 1. The van der Waals surface area contributed by atoms with Crippen molar-refractivity contribution in [3.63, 3.8) is 0 Å². The maximum atomic E-state index is 14.4. The first-order chi connectivity index (χ1) is 15.8. The summed E-state index contributed by atoms with van der Waals surface area (Å²) in [6.07, 6.45) is 2.21. The van der Waals surface area contributed by atoms with Crippen molar-refractivity contribution in [2.45, 2.75) is 38.4 Å². The van der Waals surface area contributed by atoms with E-state index in [9.17, 15) is 13.6 Å². The molecule has 4 aromatic rings. The van der Waals surface area contributed by atoms with Crippen molar-refractivity contribution >= 4 is 27.8 Å². The summed E-state index contributed by atoms with van der Waals surface area (Å²) in [5, 5.41) is 7.09. The first kappa shape index (κ1) is 21.4. The Balaban J connectivity index is 1.48. The number of halogens is 2. The van der Waals surface area contributed by atoms with Gasteiger partial charge in [-0.3, -0.25) is 24.8 Å². The summed E-state index contributed by atoms with van der Waals surface area (Å²) in [6.45, 7) is 4.85. The minimum absolute atomic E-state index is 0.0960. The second-order valence-electron chi connectivity index (χ2n) is 8.69. The maximum absolute atomic E-state index is 14.4. The fourth-order valence-corrected chi connectivity index (χ4v) is 4.88. The molecule has 8 nitrogen and oxygen atoms in total. The average molecular weight is 453 g/mol. The molecule has 3 aromatic heterocycles. The Bertz CT molecular complexity index is 1370. The number of pyridine rings is 1. The largest absolute Gasteiger partial charge is 0.364 e. The van der Waals surface area contributed by atoms with E-state index < -0.39 is 12.5 Å². The molecule has 1 aliphatic rings. The van der Waals surface area contributed by atoms with Crippen LogP contribution in [0.4, 0.5) is 14.5 Å². The number of alkyl halides is 2.